The number of anilines is 2. The lowest BCUT2D eigenvalue weighted by Crippen LogP contribution is -2.35. The summed E-state index contributed by atoms with van der Waals surface area (Å²) < 4.78 is 6.16. The Morgan fingerprint density at radius 1 is 1.48 bits per heavy atom. The molecule has 0 saturated heterocycles. The minimum absolute atomic E-state index is 0.0818. The highest BCUT2D eigenvalue weighted by molar-refractivity contribution is 5.60. The van der Waals surface area contributed by atoms with Gasteiger partial charge in [0.15, 0.2) is 0 Å². The lowest BCUT2D eigenvalue weighted by Gasteiger charge is -2.13. The van der Waals surface area contributed by atoms with Crippen molar-refractivity contribution in [1.82, 2.24) is 24.7 Å². The summed E-state index contributed by atoms with van der Waals surface area (Å²) in [5.41, 5.74) is 4.92. The summed E-state index contributed by atoms with van der Waals surface area (Å²) in [6.45, 7) is 0.993. The SMILES string of the molecule is COCCn1c(N)c(NCCc2ncn[nH]2)c(=O)[nH]c1=O. The van der Waals surface area contributed by atoms with Crippen LogP contribution in [0.1, 0.15) is 5.82 Å². The highest BCUT2D eigenvalue weighted by Crippen LogP contribution is 2.09. The van der Waals surface area contributed by atoms with Crippen LogP contribution < -0.4 is 22.3 Å². The summed E-state index contributed by atoms with van der Waals surface area (Å²) in [6.07, 6.45) is 1.94. The van der Waals surface area contributed by atoms with Crippen LogP contribution in [-0.2, 0) is 17.7 Å². The van der Waals surface area contributed by atoms with E-state index in [4.69, 9.17) is 10.5 Å². The molecular formula is C11H17N7O3. The Kier molecular flexibility index (Phi) is 4.72. The average molecular weight is 295 g/mol. The molecule has 0 amide bonds. The number of hydrogen-bond acceptors (Lipinski definition) is 7. The van der Waals surface area contributed by atoms with Crippen molar-refractivity contribution in [3.63, 3.8) is 0 Å². The molecule has 0 aliphatic heterocycles. The molecule has 0 saturated carbocycles. The molecule has 0 fully saturated rings. The van der Waals surface area contributed by atoms with Crippen molar-refractivity contribution in [2.24, 2.45) is 0 Å². The van der Waals surface area contributed by atoms with Crippen LogP contribution in [0, 0.1) is 0 Å². The molecule has 2 aromatic heterocycles. The van der Waals surface area contributed by atoms with Gasteiger partial charge in [-0.25, -0.2) is 9.78 Å². The van der Waals surface area contributed by atoms with Crippen LogP contribution >= 0.6 is 0 Å². The largest absolute Gasteiger partial charge is 0.383 e. The first-order valence-electron chi connectivity index (χ1n) is 6.33. The van der Waals surface area contributed by atoms with Crippen molar-refractivity contribution in [2.45, 2.75) is 13.0 Å². The number of nitrogens with one attached hydrogen (secondary N) is 3. The molecule has 5 N–H and O–H groups in total. The van der Waals surface area contributed by atoms with Gasteiger partial charge in [-0.05, 0) is 0 Å². The van der Waals surface area contributed by atoms with Gasteiger partial charge in [0.1, 0.15) is 23.7 Å². The smallest absolute Gasteiger partial charge is 0.330 e. The lowest BCUT2D eigenvalue weighted by molar-refractivity contribution is 0.186. The Bertz CT molecular complexity index is 689. The molecule has 0 atom stereocenters. The predicted molar refractivity (Wildman–Crippen MR) is 76.2 cm³/mol. The molecule has 0 aromatic carbocycles. The molecule has 2 aromatic rings. The molecule has 10 nitrogen and oxygen atoms in total. The zero-order valence-electron chi connectivity index (χ0n) is 11.5. The van der Waals surface area contributed by atoms with Crippen LogP contribution in [0.4, 0.5) is 11.5 Å². The third-order valence-electron chi connectivity index (χ3n) is 2.89. The van der Waals surface area contributed by atoms with Gasteiger partial charge in [-0.1, -0.05) is 0 Å². The second kappa shape index (κ2) is 6.70. The highest BCUT2D eigenvalue weighted by Gasteiger charge is 2.11. The number of nitrogens with zero attached hydrogens (tertiary/aromatic N) is 3. The minimum Gasteiger partial charge on any atom is -0.383 e. The third kappa shape index (κ3) is 3.48. The van der Waals surface area contributed by atoms with E-state index in [1.807, 2.05) is 0 Å². The van der Waals surface area contributed by atoms with Gasteiger partial charge in [0.05, 0.1) is 13.2 Å². The fourth-order valence-electron chi connectivity index (χ4n) is 1.82. The molecule has 0 unspecified atom stereocenters. The Balaban J connectivity index is 2.14. The summed E-state index contributed by atoms with van der Waals surface area (Å²) >= 11 is 0. The second-order valence-corrected chi connectivity index (χ2v) is 4.27. The van der Waals surface area contributed by atoms with Crippen molar-refractivity contribution in [2.75, 3.05) is 31.3 Å². The number of nitrogens with two attached hydrogens (primary N) is 1. The van der Waals surface area contributed by atoms with Crippen LogP contribution in [0.3, 0.4) is 0 Å². The molecule has 21 heavy (non-hydrogen) atoms. The molecule has 0 aliphatic rings. The maximum atomic E-state index is 11.8. The molecule has 10 heteroatoms. The van der Waals surface area contributed by atoms with Crippen LogP contribution in [0.15, 0.2) is 15.9 Å². The number of nitrogen functional groups attached to an aromatic ring is 1. The Morgan fingerprint density at radius 2 is 2.29 bits per heavy atom. The van der Waals surface area contributed by atoms with Gasteiger partial charge in [0, 0.05) is 20.1 Å². The first kappa shape index (κ1) is 14.8. The van der Waals surface area contributed by atoms with E-state index in [0.717, 1.165) is 0 Å². The number of aromatic nitrogens is 5. The van der Waals surface area contributed by atoms with Gasteiger partial charge < -0.3 is 15.8 Å². The van der Waals surface area contributed by atoms with E-state index >= 15 is 0 Å². The average Bonchev–Trinajstić information content (AvgIpc) is 2.95. The fourth-order valence-corrected chi connectivity index (χ4v) is 1.82. The number of ether oxygens (including phenoxy) is 1. The first-order chi connectivity index (χ1) is 10.1. The standard InChI is InChI=1S/C11H17N7O3/c1-21-5-4-18-9(12)8(10(19)16-11(18)20)13-3-2-7-14-6-15-17-7/h6,13H,2-5,12H2,1H3,(H,14,15,17)(H,16,19,20). The van der Waals surface area contributed by atoms with E-state index in [-0.39, 0.29) is 18.1 Å². The zero-order chi connectivity index (χ0) is 15.2. The highest BCUT2D eigenvalue weighted by atomic mass is 16.5. The maximum Gasteiger partial charge on any atom is 0.330 e. The monoisotopic (exact) mass is 295 g/mol. The molecule has 0 bridgehead atoms. The Labute approximate surface area is 119 Å². The Hall–Kier alpha value is -2.62. The molecule has 2 heterocycles. The van der Waals surface area contributed by atoms with E-state index in [2.05, 4.69) is 25.5 Å². The summed E-state index contributed by atoms with van der Waals surface area (Å²) in [5, 5.41) is 9.34. The van der Waals surface area contributed by atoms with Crippen LogP contribution in [0.25, 0.3) is 0 Å². The number of aromatic amines is 2. The quantitative estimate of drug-likeness (QED) is 0.488. The van der Waals surface area contributed by atoms with Gasteiger partial charge in [-0.15, -0.1) is 0 Å². The molecular weight excluding hydrogens is 278 g/mol. The summed E-state index contributed by atoms with van der Waals surface area (Å²) in [6, 6.07) is 0. The third-order valence-corrected chi connectivity index (χ3v) is 2.89. The molecule has 114 valence electrons. The van der Waals surface area contributed by atoms with Crippen LogP contribution in [0.2, 0.25) is 0 Å². The Morgan fingerprint density at radius 3 is 2.95 bits per heavy atom. The van der Waals surface area contributed by atoms with Crippen molar-refractivity contribution in [3.8, 4) is 0 Å². The van der Waals surface area contributed by atoms with E-state index in [1.54, 1.807) is 0 Å². The van der Waals surface area contributed by atoms with Gasteiger partial charge in [0.2, 0.25) is 0 Å². The summed E-state index contributed by atoms with van der Waals surface area (Å²) in [5.74, 6) is 0.767. The first-order valence-corrected chi connectivity index (χ1v) is 6.33. The van der Waals surface area contributed by atoms with Gasteiger partial charge in [0.25, 0.3) is 5.56 Å². The second-order valence-electron chi connectivity index (χ2n) is 4.27. The van der Waals surface area contributed by atoms with E-state index in [1.165, 1.54) is 18.0 Å². The summed E-state index contributed by atoms with van der Waals surface area (Å²) in [4.78, 5) is 29.7. The fraction of sp³-hybridized carbons (Fsp3) is 0.455. The minimum atomic E-state index is -0.560. The molecule has 0 radical (unpaired) electrons. The number of methoxy groups -OCH3 is 1. The lowest BCUT2D eigenvalue weighted by atomic mass is 10.3. The predicted octanol–water partition coefficient (Wildman–Crippen LogP) is -1.46. The normalized spacial score (nSPS) is 10.7. The van der Waals surface area contributed by atoms with E-state index < -0.39 is 11.2 Å². The van der Waals surface area contributed by atoms with Crippen molar-refractivity contribution in [1.29, 1.82) is 0 Å². The van der Waals surface area contributed by atoms with Crippen molar-refractivity contribution in [3.05, 3.63) is 33.0 Å². The maximum absolute atomic E-state index is 11.8. The number of H-pyrrole nitrogens is 2. The molecule has 0 aliphatic carbocycles. The van der Waals surface area contributed by atoms with Crippen molar-refractivity contribution < 1.29 is 4.74 Å². The molecule has 2 rings (SSSR count). The summed E-state index contributed by atoms with van der Waals surface area (Å²) in [7, 11) is 1.52. The van der Waals surface area contributed by atoms with Gasteiger partial charge >= 0.3 is 5.69 Å². The van der Waals surface area contributed by atoms with Gasteiger partial charge in [-0.3, -0.25) is 19.4 Å². The number of rotatable bonds is 7. The van der Waals surface area contributed by atoms with Crippen LogP contribution in [-0.4, -0.2) is 45.0 Å². The topological polar surface area (TPSA) is 144 Å². The zero-order valence-corrected chi connectivity index (χ0v) is 11.5. The van der Waals surface area contributed by atoms with Crippen LogP contribution in [0.5, 0.6) is 0 Å². The molecule has 0 spiro atoms. The van der Waals surface area contributed by atoms with E-state index in [0.29, 0.717) is 25.4 Å². The van der Waals surface area contributed by atoms with Crippen molar-refractivity contribution >= 4 is 11.5 Å². The van der Waals surface area contributed by atoms with Gasteiger partial charge in [-0.2, -0.15) is 5.10 Å². The van der Waals surface area contributed by atoms with E-state index in [9.17, 15) is 9.59 Å². The number of hydrogen-bond donors (Lipinski definition) is 4.